The Kier molecular flexibility index (Phi) is 6.65. The molecular formula is C26H25ClN2O5. The molecule has 0 unspecified atom stereocenters. The zero-order valence-corrected chi connectivity index (χ0v) is 20.1. The first-order chi connectivity index (χ1) is 16.4. The number of nitrogens with zero attached hydrogens (tertiary/aromatic N) is 1. The van der Waals surface area contributed by atoms with E-state index in [-0.39, 0.29) is 11.8 Å². The third kappa shape index (κ3) is 4.26. The van der Waals surface area contributed by atoms with E-state index in [1.54, 1.807) is 55.5 Å². The van der Waals surface area contributed by atoms with Gasteiger partial charge in [0.25, 0.3) is 5.91 Å². The Hall–Kier alpha value is -3.71. The highest BCUT2D eigenvalue weighted by Crippen LogP contribution is 2.46. The summed E-state index contributed by atoms with van der Waals surface area (Å²) < 4.78 is 16.2. The third-order valence-corrected chi connectivity index (χ3v) is 6.24. The van der Waals surface area contributed by atoms with Crippen LogP contribution >= 0.6 is 11.6 Å². The van der Waals surface area contributed by atoms with Crippen molar-refractivity contribution >= 4 is 29.1 Å². The van der Waals surface area contributed by atoms with Crippen molar-refractivity contribution < 1.29 is 23.8 Å². The second-order valence-corrected chi connectivity index (χ2v) is 8.34. The molecule has 0 aliphatic carbocycles. The first-order valence-corrected chi connectivity index (χ1v) is 11.0. The summed E-state index contributed by atoms with van der Waals surface area (Å²) in [7, 11) is 6.30. The van der Waals surface area contributed by atoms with Crippen molar-refractivity contribution in [1.29, 1.82) is 0 Å². The first-order valence-electron chi connectivity index (χ1n) is 10.6. The van der Waals surface area contributed by atoms with Gasteiger partial charge in [-0.15, -0.1) is 0 Å². The van der Waals surface area contributed by atoms with E-state index in [1.165, 1.54) is 14.2 Å². The Morgan fingerprint density at radius 3 is 2.24 bits per heavy atom. The zero-order valence-electron chi connectivity index (χ0n) is 19.3. The summed E-state index contributed by atoms with van der Waals surface area (Å²) in [5.41, 5.74) is 2.30. The van der Waals surface area contributed by atoms with Crippen LogP contribution < -0.4 is 19.5 Å². The SMILES string of the molecule is COc1ccc([C@@H]2[C@H](C(=O)Nc3cccc(Cl)c3)c3cc(OC)c(OC)cc3C(=O)N2C)cc1. The standard InChI is InChI=1S/C26H25ClN2O5/c1-29-24(15-8-10-18(32-2)11-9-15)23(25(30)28-17-7-5-6-16(27)12-17)19-13-21(33-3)22(34-4)14-20(19)26(29)31/h5-14,23-24H,1-4H3,(H,28,30)/t23-,24-/m1/s1. The van der Waals surface area contributed by atoms with E-state index in [2.05, 4.69) is 5.32 Å². The number of halogens is 1. The van der Waals surface area contributed by atoms with Crippen molar-refractivity contribution in [3.8, 4) is 17.2 Å². The number of likely N-dealkylation sites (N-methyl/N-ethyl adjacent to an activating group) is 1. The fraction of sp³-hybridized carbons (Fsp3) is 0.231. The Morgan fingerprint density at radius 2 is 1.62 bits per heavy atom. The average Bonchev–Trinajstić information content (AvgIpc) is 2.85. The number of anilines is 1. The minimum atomic E-state index is -0.732. The summed E-state index contributed by atoms with van der Waals surface area (Å²) in [6, 6.07) is 17.0. The van der Waals surface area contributed by atoms with Crippen LogP contribution in [0.15, 0.2) is 60.7 Å². The van der Waals surface area contributed by atoms with Gasteiger partial charge in [-0.2, -0.15) is 0 Å². The van der Waals surface area contributed by atoms with E-state index in [4.69, 9.17) is 25.8 Å². The second kappa shape index (κ2) is 9.65. The smallest absolute Gasteiger partial charge is 0.254 e. The van der Waals surface area contributed by atoms with E-state index >= 15 is 0 Å². The number of fused-ring (bicyclic) bond motifs is 1. The Morgan fingerprint density at radius 1 is 0.941 bits per heavy atom. The second-order valence-electron chi connectivity index (χ2n) is 7.91. The molecule has 8 heteroatoms. The van der Waals surface area contributed by atoms with Gasteiger partial charge in [-0.1, -0.05) is 29.8 Å². The Labute approximate surface area is 203 Å². The number of carbonyl (C=O) groups excluding carboxylic acids is 2. The van der Waals surface area contributed by atoms with Crippen molar-refractivity contribution in [2.75, 3.05) is 33.7 Å². The molecule has 7 nitrogen and oxygen atoms in total. The van der Waals surface area contributed by atoms with Crippen molar-refractivity contribution in [2.24, 2.45) is 0 Å². The van der Waals surface area contributed by atoms with Gasteiger partial charge < -0.3 is 24.4 Å². The van der Waals surface area contributed by atoms with Gasteiger partial charge in [0.05, 0.1) is 33.3 Å². The van der Waals surface area contributed by atoms with Crippen LogP contribution in [-0.4, -0.2) is 45.1 Å². The number of nitrogens with one attached hydrogen (secondary N) is 1. The molecule has 0 bridgehead atoms. The molecule has 4 rings (SSSR count). The molecule has 1 heterocycles. The van der Waals surface area contributed by atoms with Crippen LogP contribution in [0.3, 0.4) is 0 Å². The molecule has 1 N–H and O–H groups in total. The van der Waals surface area contributed by atoms with Crippen LogP contribution in [0, 0.1) is 0 Å². The summed E-state index contributed by atoms with van der Waals surface area (Å²) in [5.74, 6) is 0.303. The maximum Gasteiger partial charge on any atom is 0.254 e. The molecule has 1 aliphatic heterocycles. The molecule has 176 valence electrons. The van der Waals surface area contributed by atoms with Crippen molar-refractivity contribution in [2.45, 2.75) is 12.0 Å². The number of hydrogen-bond acceptors (Lipinski definition) is 5. The van der Waals surface area contributed by atoms with Crippen molar-refractivity contribution in [1.82, 2.24) is 4.90 Å². The van der Waals surface area contributed by atoms with Crippen molar-refractivity contribution in [3.63, 3.8) is 0 Å². The number of rotatable bonds is 6. The molecule has 1 aliphatic rings. The fourth-order valence-electron chi connectivity index (χ4n) is 4.34. The molecule has 0 aromatic heterocycles. The van der Waals surface area contributed by atoms with Crippen LogP contribution in [0.2, 0.25) is 5.02 Å². The zero-order chi connectivity index (χ0) is 24.4. The predicted molar refractivity (Wildman–Crippen MR) is 130 cm³/mol. The summed E-state index contributed by atoms with van der Waals surface area (Å²) in [6.45, 7) is 0. The lowest BCUT2D eigenvalue weighted by molar-refractivity contribution is -0.119. The Balaban J connectivity index is 1.87. The molecule has 0 saturated heterocycles. The highest BCUT2D eigenvalue weighted by Gasteiger charge is 2.43. The average molecular weight is 481 g/mol. The molecule has 3 aromatic carbocycles. The number of ether oxygens (including phenoxy) is 3. The molecule has 34 heavy (non-hydrogen) atoms. The van der Waals surface area contributed by atoms with E-state index < -0.39 is 12.0 Å². The molecule has 3 aromatic rings. The van der Waals surface area contributed by atoms with Gasteiger partial charge >= 0.3 is 0 Å². The van der Waals surface area contributed by atoms with Gasteiger partial charge in [-0.3, -0.25) is 9.59 Å². The summed E-state index contributed by atoms with van der Waals surface area (Å²) in [4.78, 5) is 28.8. The van der Waals surface area contributed by atoms with Crippen LogP contribution in [0.25, 0.3) is 0 Å². The maximum atomic E-state index is 13.8. The normalized spacial score (nSPS) is 17.1. The fourth-order valence-corrected chi connectivity index (χ4v) is 4.53. The quantitative estimate of drug-likeness (QED) is 0.542. The largest absolute Gasteiger partial charge is 0.497 e. The van der Waals surface area contributed by atoms with E-state index in [0.717, 1.165) is 5.56 Å². The minimum absolute atomic E-state index is 0.219. The first kappa shape index (κ1) is 23.4. The van der Waals surface area contributed by atoms with Crippen LogP contribution in [0.1, 0.15) is 33.4 Å². The molecule has 0 radical (unpaired) electrons. The van der Waals surface area contributed by atoms with E-state index in [9.17, 15) is 9.59 Å². The van der Waals surface area contributed by atoms with Gasteiger partial charge in [0, 0.05) is 23.3 Å². The number of hydrogen-bond donors (Lipinski definition) is 1. The summed E-state index contributed by atoms with van der Waals surface area (Å²) in [6.07, 6.45) is 0. The van der Waals surface area contributed by atoms with Crippen molar-refractivity contribution in [3.05, 3.63) is 82.4 Å². The number of benzene rings is 3. The van der Waals surface area contributed by atoms with Crippen LogP contribution in [0.4, 0.5) is 5.69 Å². The molecule has 0 spiro atoms. The highest BCUT2D eigenvalue weighted by molar-refractivity contribution is 6.30. The number of methoxy groups -OCH3 is 3. The monoisotopic (exact) mass is 480 g/mol. The number of amides is 2. The maximum absolute atomic E-state index is 13.8. The lowest BCUT2D eigenvalue weighted by atomic mass is 9.79. The lowest BCUT2D eigenvalue weighted by Gasteiger charge is -2.40. The minimum Gasteiger partial charge on any atom is -0.497 e. The third-order valence-electron chi connectivity index (χ3n) is 6.01. The highest BCUT2D eigenvalue weighted by atomic mass is 35.5. The summed E-state index contributed by atoms with van der Waals surface area (Å²) >= 11 is 6.12. The molecule has 0 fully saturated rings. The van der Waals surface area contributed by atoms with Gasteiger partial charge in [-0.05, 0) is 53.6 Å². The summed E-state index contributed by atoms with van der Waals surface area (Å²) in [5, 5.41) is 3.47. The lowest BCUT2D eigenvalue weighted by Crippen LogP contribution is -2.44. The van der Waals surface area contributed by atoms with Crippen LogP contribution in [0.5, 0.6) is 17.2 Å². The Bertz CT molecular complexity index is 1230. The van der Waals surface area contributed by atoms with Gasteiger partial charge in [0.15, 0.2) is 11.5 Å². The van der Waals surface area contributed by atoms with E-state index in [0.29, 0.717) is 39.1 Å². The predicted octanol–water partition coefficient (Wildman–Crippen LogP) is 4.92. The van der Waals surface area contributed by atoms with Crippen LogP contribution in [-0.2, 0) is 4.79 Å². The van der Waals surface area contributed by atoms with Gasteiger partial charge in [-0.25, -0.2) is 0 Å². The molecular weight excluding hydrogens is 456 g/mol. The number of carbonyl (C=O) groups is 2. The topological polar surface area (TPSA) is 77.1 Å². The van der Waals surface area contributed by atoms with E-state index in [1.807, 2.05) is 24.3 Å². The molecule has 2 atom stereocenters. The van der Waals surface area contributed by atoms with Gasteiger partial charge in [0.1, 0.15) is 5.75 Å². The molecule has 2 amide bonds. The molecule has 0 saturated carbocycles. The van der Waals surface area contributed by atoms with Gasteiger partial charge in [0.2, 0.25) is 5.91 Å².